The van der Waals surface area contributed by atoms with E-state index < -0.39 is 36.5 Å². The van der Waals surface area contributed by atoms with Crippen LogP contribution in [0.3, 0.4) is 0 Å². The van der Waals surface area contributed by atoms with Crippen molar-refractivity contribution in [3.05, 3.63) is 0 Å². The molecule has 0 heterocycles. The maximum Gasteiger partial charge on any atom is 0.303 e. The Hall–Kier alpha value is -1.13. The maximum atomic E-state index is 10.3. The van der Waals surface area contributed by atoms with Crippen molar-refractivity contribution < 1.29 is 86.5 Å². The van der Waals surface area contributed by atoms with Gasteiger partial charge in [-0.3, -0.25) is 4.79 Å². The zero-order chi connectivity index (χ0) is 39.8. The molecule has 0 saturated carbocycles. The van der Waals surface area contributed by atoms with E-state index in [1.165, 1.54) is 83.5 Å². The van der Waals surface area contributed by atoms with E-state index in [9.17, 15) is 4.79 Å². The number of rotatable bonds is 26. The molecule has 17 heteroatoms. The van der Waals surface area contributed by atoms with Crippen molar-refractivity contribution in [2.45, 2.75) is 140 Å². The zero-order valence-corrected chi connectivity index (χ0v) is 30.3. The predicted octanol–water partition coefficient (Wildman–Crippen LogP) is -2.01. The van der Waals surface area contributed by atoms with Gasteiger partial charge in [-0.25, -0.2) is 0 Å². The number of carboxylic acid groups (broad SMARTS) is 1. The summed E-state index contributed by atoms with van der Waals surface area (Å²) in [5.74, 6) is -0.653. The van der Waals surface area contributed by atoms with Crippen molar-refractivity contribution in [3.8, 4) is 0 Å². The number of aliphatic hydroxyl groups excluding tert-OH is 15. The average Bonchev–Trinajstić information content (AvgIpc) is 3.15. The fraction of sp³-hybridized carbons (Fsp3) is 0.970. The smallest absolute Gasteiger partial charge is 0.303 e. The monoisotopic (exact) mass is 745 g/mol. The molecule has 0 aromatic carbocycles. The van der Waals surface area contributed by atoms with Crippen LogP contribution >= 0.6 is 0 Å². The van der Waals surface area contributed by atoms with Crippen LogP contribution in [0.2, 0.25) is 0 Å². The summed E-state index contributed by atoms with van der Waals surface area (Å²) < 4.78 is 0. The van der Waals surface area contributed by atoms with Gasteiger partial charge in [0, 0.05) is 6.42 Å². The van der Waals surface area contributed by atoms with Gasteiger partial charge in [0.1, 0.15) is 30.5 Å². The summed E-state index contributed by atoms with van der Waals surface area (Å²) in [5, 5.41) is 129. The highest BCUT2D eigenvalue weighted by Gasteiger charge is 1.98. The number of aliphatic carboxylic acids is 1. The molecule has 0 rings (SSSR count). The lowest BCUT2D eigenvalue weighted by Crippen LogP contribution is -2.15. The third-order valence-electron chi connectivity index (χ3n) is 6.10. The standard InChI is InChI=1S/C18H36O2.5C3H8O3/c1-2-3-4-5-6-7-8-9-10-11-12-13-14-15-16-17-18(19)20;5*4-1-3(6)2-5/h2-17H2,1H3,(H,19,20);5*3-6H,1-2H2. The molecule has 0 fully saturated rings. The molecule has 0 atom stereocenters. The molecule has 17 nitrogen and oxygen atoms in total. The summed E-state index contributed by atoms with van der Waals surface area (Å²) in [7, 11) is 0. The first-order valence-electron chi connectivity index (χ1n) is 17.5. The van der Waals surface area contributed by atoms with Gasteiger partial charge in [-0.05, 0) is 6.42 Å². The van der Waals surface area contributed by atoms with Crippen LogP contribution in [0.25, 0.3) is 0 Å². The minimum Gasteiger partial charge on any atom is -0.481 e. The lowest BCUT2D eigenvalue weighted by Gasteiger charge is -2.03. The van der Waals surface area contributed by atoms with Gasteiger partial charge in [-0.15, -0.1) is 0 Å². The van der Waals surface area contributed by atoms with Crippen LogP contribution in [-0.2, 0) is 4.79 Å². The topological polar surface area (TPSA) is 341 Å². The summed E-state index contributed by atoms with van der Waals surface area (Å²) in [6.07, 6.45) is 15.4. The van der Waals surface area contributed by atoms with Crippen LogP contribution in [-0.4, -0.2) is 184 Å². The quantitative estimate of drug-likeness (QED) is 0.0425. The van der Waals surface area contributed by atoms with Gasteiger partial charge < -0.3 is 81.7 Å². The van der Waals surface area contributed by atoms with Crippen molar-refractivity contribution >= 4 is 5.97 Å². The molecule has 0 amide bonds. The second kappa shape index (κ2) is 57.2. The minimum absolute atomic E-state index is 0.345. The van der Waals surface area contributed by atoms with Crippen LogP contribution in [0.15, 0.2) is 0 Å². The first-order valence-corrected chi connectivity index (χ1v) is 17.5. The lowest BCUT2D eigenvalue weighted by atomic mass is 10.0. The Morgan fingerprint density at radius 3 is 0.620 bits per heavy atom. The van der Waals surface area contributed by atoms with E-state index in [1.54, 1.807) is 0 Å². The Morgan fingerprint density at radius 1 is 0.340 bits per heavy atom. The van der Waals surface area contributed by atoms with Gasteiger partial charge >= 0.3 is 5.97 Å². The molecule has 310 valence electrons. The van der Waals surface area contributed by atoms with E-state index in [0.717, 1.165) is 12.8 Å². The summed E-state index contributed by atoms with van der Waals surface area (Å²) in [6.45, 7) is -1.38. The third-order valence-corrected chi connectivity index (χ3v) is 6.10. The largest absolute Gasteiger partial charge is 0.481 e. The molecule has 0 saturated heterocycles. The molecule has 0 radical (unpaired) electrons. The predicted molar refractivity (Wildman–Crippen MR) is 188 cm³/mol. The van der Waals surface area contributed by atoms with Gasteiger partial charge in [0.25, 0.3) is 0 Å². The number of hydrogen-bond donors (Lipinski definition) is 16. The van der Waals surface area contributed by atoms with Crippen LogP contribution < -0.4 is 0 Å². The van der Waals surface area contributed by atoms with E-state index in [-0.39, 0.29) is 66.1 Å². The molecular weight excluding hydrogens is 668 g/mol. The molecule has 50 heavy (non-hydrogen) atoms. The lowest BCUT2D eigenvalue weighted by molar-refractivity contribution is -0.137. The molecule has 0 aromatic rings. The molecule has 0 aliphatic heterocycles. The van der Waals surface area contributed by atoms with E-state index in [1.807, 2.05) is 0 Å². The zero-order valence-electron chi connectivity index (χ0n) is 30.3. The number of unbranched alkanes of at least 4 members (excludes halogenated alkanes) is 14. The number of carbonyl (C=O) groups is 1. The van der Waals surface area contributed by atoms with Gasteiger partial charge in [-0.1, -0.05) is 96.8 Å². The molecule has 0 unspecified atom stereocenters. The van der Waals surface area contributed by atoms with Crippen molar-refractivity contribution in [1.29, 1.82) is 0 Å². The Labute approximate surface area is 298 Å². The van der Waals surface area contributed by atoms with Gasteiger partial charge in [-0.2, -0.15) is 0 Å². The van der Waals surface area contributed by atoms with E-state index in [0.29, 0.717) is 6.42 Å². The molecule has 0 spiro atoms. The second-order valence-corrected chi connectivity index (χ2v) is 11.2. The van der Waals surface area contributed by atoms with Gasteiger partial charge in [0.2, 0.25) is 0 Å². The number of carboxylic acids is 1. The molecule has 0 aromatic heterocycles. The molecule has 0 aliphatic carbocycles. The van der Waals surface area contributed by atoms with E-state index in [4.69, 9.17) is 81.7 Å². The highest BCUT2D eigenvalue weighted by atomic mass is 16.4. The second-order valence-electron chi connectivity index (χ2n) is 11.2. The van der Waals surface area contributed by atoms with E-state index in [2.05, 4.69) is 6.92 Å². The normalized spacial score (nSPS) is 10.3. The number of hydrogen-bond acceptors (Lipinski definition) is 16. The summed E-state index contributed by atoms with van der Waals surface area (Å²) in [5.41, 5.74) is 0. The highest BCUT2D eigenvalue weighted by molar-refractivity contribution is 5.66. The first-order chi connectivity index (χ1) is 23.8. The fourth-order valence-corrected chi connectivity index (χ4v) is 2.94. The molecule has 0 bridgehead atoms. The summed E-state index contributed by atoms with van der Waals surface area (Å²) in [6, 6.07) is 0. The molecule has 16 N–H and O–H groups in total. The Bertz CT molecular complexity index is 486. The Kier molecular flexibility index (Phi) is 69.7. The van der Waals surface area contributed by atoms with Crippen molar-refractivity contribution in [3.63, 3.8) is 0 Å². The van der Waals surface area contributed by atoms with Crippen molar-refractivity contribution in [2.75, 3.05) is 66.1 Å². The number of aliphatic hydroxyl groups is 15. The van der Waals surface area contributed by atoms with Crippen LogP contribution in [0.5, 0.6) is 0 Å². The van der Waals surface area contributed by atoms with Crippen molar-refractivity contribution in [2.24, 2.45) is 0 Å². The Morgan fingerprint density at radius 2 is 0.500 bits per heavy atom. The SMILES string of the molecule is CCCCCCCCCCCCCCCCCC(=O)O.OCC(O)CO.OCC(O)CO.OCC(O)CO.OCC(O)CO.OCC(O)CO. The minimum atomic E-state index is -0.954. The maximum absolute atomic E-state index is 10.3. The van der Waals surface area contributed by atoms with Gasteiger partial charge in [0.05, 0.1) is 66.1 Å². The van der Waals surface area contributed by atoms with Crippen LogP contribution in [0, 0.1) is 0 Å². The van der Waals surface area contributed by atoms with Gasteiger partial charge in [0.15, 0.2) is 0 Å². The summed E-state index contributed by atoms with van der Waals surface area (Å²) >= 11 is 0. The third kappa shape index (κ3) is 76.6. The van der Waals surface area contributed by atoms with Crippen LogP contribution in [0.1, 0.15) is 110 Å². The average molecular weight is 745 g/mol. The first kappa shape index (κ1) is 60.9. The fourth-order valence-electron chi connectivity index (χ4n) is 2.94. The summed E-state index contributed by atoms with van der Waals surface area (Å²) in [4.78, 5) is 10.3. The van der Waals surface area contributed by atoms with E-state index >= 15 is 0 Å². The van der Waals surface area contributed by atoms with Crippen molar-refractivity contribution in [1.82, 2.24) is 0 Å². The highest BCUT2D eigenvalue weighted by Crippen LogP contribution is 2.13. The van der Waals surface area contributed by atoms with Crippen LogP contribution in [0.4, 0.5) is 0 Å². The molecule has 0 aliphatic rings. The Balaban J connectivity index is -0.000000132. The molecular formula is C33H76O17.